The summed E-state index contributed by atoms with van der Waals surface area (Å²) >= 11 is 6.01. The Morgan fingerprint density at radius 2 is 2.10 bits per heavy atom. The average Bonchev–Trinajstić information content (AvgIpc) is 2.41. The maximum Gasteiger partial charge on any atom is 0.255 e. The van der Waals surface area contributed by atoms with Crippen LogP contribution in [-0.2, 0) is 0 Å². The molecule has 1 aromatic rings. The number of rotatable bonds is 1. The molecular formula is C15H16ClN3O. The number of carbonyl (C=O) groups is 1. The molecule has 1 amide bonds. The minimum absolute atomic E-state index is 0.0409. The minimum atomic E-state index is -0.375. The molecule has 1 fully saturated rings. The summed E-state index contributed by atoms with van der Waals surface area (Å²) in [7, 11) is 0. The molecule has 0 radical (unpaired) electrons. The van der Waals surface area contributed by atoms with E-state index in [0.717, 1.165) is 31.6 Å². The molecule has 0 saturated carbocycles. The highest BCUT2D eigenvalue weighted by atomic mass is 35.5. The zero-order valence-corrected chi connectivity index (χ0v) is 11.8. The lowest BCUT2D eigenvalue weighted by Crippen LogP contribution is -2.62. The van der Waals surface area contributed by atoms with Crippen LogP contribution in [0.15, 0.2) is 18.2 Å². The van der Waals surface area contributed by atoms with E-state index in [1.54, 1.807) is 12.1 Å². The van der Waals surface area contributed by atoms with Gasteiger partial charge in [0.15, 0.2) is 0 Å². The van der Waals surface area contributed by atoms with Gasteiger partial charge in [-0.25, -0.2) is 0 Å². The molecule has 104 valence electrons. The lowest BCUT2D eigenvalue weighted by Gasteiger charge is -2.45. The first-order valence-corrected chi connectivity index (χ1v) is 7.06. The van der Waals surface area contributed by atoms with E-state index >= 15 is 0 Å². The van der Waals surface area contributed by atoms with Gasteiger partial charge in [-0.05, 0) is 18.2 Å². The van der Waals surface area contributed by atoms with Crippen molar-refractivity contribution in [2.75, 3.05) is 25.0 Å². The number of amides is 1. The number of fused-ring (bicyclic) bond motifs is 1. The zero-order valence-electron chi connectivity index (χ0n) is 11.1. The SMILES string of the molecule is C#CCN1CCC2(CC1)NC(=O)c1ccc(Cl)cc1N2. The minimum Gasteiger partial charge on any atom is -0.362 e. The molecule has 20 heavy (non-hydrogen) atoms. The summed E-state index contributed by atoms with van der Waals surface area (Å²) in [5, 5.41) is 7.18. The number of hydrogen-bond donors (Lipinski definition) is 2. The number of terminal acetylenes is 1. The van der Waals surface area contributed by atoms with Gasteiger partial charge in [0, 0.05) is 31.0 Å². The Labute approximate surface area is 123 Å². The molecule has 2 aliphatic heterocycles. The molecule has 0 bridgehead atoms. The van der Waals surface area contributed by atoms with E-state index in [9.17, 15) is 4.79 Å². The summed E-state index contributed by atoms with van der Waals surface area (Å²) in [6.45, 7) is 2.40. The van der Waals surface area contributed by atoms with Gasteiger partial charge in [0.05, 0.1) is 17.8 Å². The van der Waals surface area contributed by atoms with Gasteiger partial charge < -0.3 is 10.6 Å². The topological polar surface area (TPSA) is 44.4 Å². The Balaban J connectivity index is 1.81. The number of nitrogens with zero attached hydrogens (tertiary/aromatic N) is 1. The van der Waals surface area contributed by atoms with Crippen molar-refractivity contribution in [2.45, 2.75) is 18.5 Å². The molecule has 3 rings (SSSR count). The van der Waals surface area contributed by atoms with Crippen LogP contribution in [0.4, 0.5) is 5.69 Å². The average molecular weight is 290 g/mol. The molecule has 2 heterocycles. The van der Waals surface area contributed by atoms with E-state index < -0.39 is 0 Å². The number of piperidine rings is 1. The first kappa shape index (κ1) is 13.3. The smallest absolute Gasteiger partial charge is 0.255 e. The van der Waals surface area contributed by atoms with E-state index in [1.165, 1.54) is 0 Å². The molecule has 1 aromatic carbocycles. The molecule has 5 heteroatoms. The van der Waals surface area contributed by atoms with Crippen molar-refractivity contribution in [1.29, 1.82) is 0 Å². The third kappa shape index (κ3) is 2.35. The van der Waals surface area contributed by atoms with Gasteiger partial charge >= 0.3 is 0 Å². The highest BCUT2D eigenvalue weighted by molar-refractivity contribution is 6.31. The molecule has 0 aliphatic carbocycles. The van der Waals surface area contributed by atoms with Crippen LogP contribution in [0.2, 0.25) is 5.02 Å². The van der Waals surface area contributed by atoms with E-state index in [0.29, 0.717) is 17.1 Å². The third-order valence-electron chi connectivity index (χ3n) is 3.98. The van der Waals surface area contributed by atoms with Crippen molar-refractivity contribution in [3.8, 4) is 12.3 Å². The lowest BCUT2D eigenvalue weighted by molar-refractivity contribution is 0.0839. The maximum absolute atomic E-state index is 12.2. The maximum atomic E-state index is 12.2. The molecule has 0 atom stereocenters. The van der Waals surface area contributed by atoms with Crippen molar-refractivity contribution in [3.63, 3.8) is 0 Å². The molecular weight excluding hydrogens is 274 g/mol. The van der Waals surface area contributed by atoms with Gasteiger partial charge in [0.25, 0.3) is 5.91 Å². The lowest BCUT2D eigenvalue weighted by atomic mass is 9.92. The van der Waals surface area contributed by atoms with Crippen LogP contribution in [0.5, 0.6) is 0 Å². The van der Waals surface area contributed by atoms with Crippen molar-refractivity contribution in [3.05, 3.63) is 28.8 Å². The van der Waals surface area contributed by atoms with Crippen LogP contribution >= 0.6 is 11.6 Å². The zero-order chi connectivity index (χ0) is 14.2. The number of likely N-dealkylation sites (tertiary alicyclic amines) is 1. The van der Waals surface area contributed by atoms with Crippen LogP contribution in [-0.4, -0.2) is 36.1 Å². The van der Waals surface area contributed by atoms with Crippen LogP contribution in [0, 0.1) is 12.3 Å². The van der Waals surface area contributed by atoms with E-state index in [1.807, 2.05) is 6.07 Å². The summed E-state index contributed by atoms with van der Waals surface area (Å²) in [5.41, 5.74) is 1.08. The van der Waals surface area contributed by atoms with Crippen LogP contribution in [0.1, 0.15) is 23.2 Å². The predicted molar refractivity (Wildman–Crippen MR) is 79.8 cm³/mol. The number of nitrogens with one attached hydrogen (secondary N) is 2. The standard InChI is InChI=1S/C15H16ClN3O/c1-2-7-19-8-5-15(6-9-19)17-13-10-11(16)3-4-12(13)14(20)18-15/h1,3-4,10,17H,5-9H2,(H,18,20). The number of halogens is 1. The van der Waals surface area contributed by atoms with Crippen LogP contribution in [0.25, 0.3) is 0 Å². The number of benzene rings is 1. The van der Waals surface area contributed by atoms with Gasteiger partial charge in [-0.15, -0.1) is 6.42 Å². The molecule has 1 spiro atoms. The Kier molecular flexibility index (Phi) is 3.33. The monoisotopic (exact) mass is 289 g/mol. The quantitative estimate of drug-likeness (QED) is 0.777. The number of anilines is 1. The predicted octanol–water partition coefficient (Wildman–Crippen LogP) is 1.92. The first-order chi connectivity index (χ1) is 9.62. The Morgan fingerprint density at radius 1 is 1.35 bits per heavy atom. The summed E-state index contributed by atoms with van der Waals surface area (Å²) in [5.74, 6) is 2.62. The molecule has 2 N–H and O–H groups in total. The molecule has 2 aliphatic rings. The normalized spacial score (nSPS) is 20.7. The van der Waals surface area contributed by atoms with Gasteiger partial charge in [0.2, 0.25) is 0 Å². The molecule has 0 aromatic heterocycles. The second-order valence-electron chi connectivity index (χ2n) is 5.33. The van der Waals surface area contributed by atoms with Gasteiger partial charge in [-0.3, -0.25) is 9.69 Å². The fourth-order valence-corrected chi connectivity index (χ4v) is 3.04. The van der Waals surface area contributed by atoms with Crippen molar-refractivity contribution >= 4 is 23.2 Å². The van der Waals surface area contributed by atoms with Crippen molar-refractivity contribution in [2.24, 2.45) is 0 Å². The second-order valence-corrected chi connectivity index (χ2v) is 5.77. The molecule has 4 nitrogen and oxygen atoms in total. The van der Waals surface area contributed by atoms with Gasteiger partial charge in [-0.1, -0.05) is 17.5 Å². The van der Waals surface area contributed by atoms with Gasteiger partial charge in [0.1, 0.15) is 5.66 Å². The number of carbonyl (C=O) groups excluding carboxylic acids is 1. The van der Waals surface area contributed by atoms with E-state index in [4.69, 9.17) is 18.0 Å². The Bertz CT molecular complexity index is 585. The second kappa shape index (κ2) is 5.01. The van der Waals surface area contributed by atoms with Crippen LogP contribution in [0.3, 0.4) is 0 Å². The van der Waals surface area contributed by atoms with E-state index in [-0.39, 0.29) is 11.6 Å². The summed E-state index contributed by atoms with van der Waals surface area (Å²) in [4.78, 5) is 14.5. The fourth-order valence-electron chi connectivity index (χ4n) is 2.86. The summed E-state index contributed by atoms with van der Waals surface area (Å²) < 4.78 is 0. The summed E-state index contributed by atoms with van der Waals surface area (Å²) in [6, 6.07) is 5.29. The molecule has 0 unspecified atom stereocenters. The largest absolute Gasteiger partial charge is 0.362 e. The number of hydrogen-bond acceptors (Lipinski definition) is 3. The van der Waals surface area contributed by atoms with E-state index in [2.05, 4.69) is 21.5 Å². The highest BCUT2D eigenvalue weighted by Crippen LogP contribution is 2.32. The third-order valence-corrected chi connectivity index (χ3v) is 4.21. The first-order valence-electron chi connectivity index (χ1n) is 6.68. The Morgan fingerprint density at radius 3 is 2.80 bits per heavy atom. The van der Waals surface area contributed by atoms with Gasteiger partial charge in [-0.2, -0.15) is 0 Å². The Hall–Kier alpha value is -1.70. The van der Waals surface area contributed by atoms with Crippen molar-refractivity contribution < 1.29 is 4.79 Å². The summed E-state index contributed by atoms with van der Waals surface area (Å²) in [6.07, 6.45) is 6.99. The fraction of sp³-hybridized carbons (Fsp3) is 0.400. The molecule has 1 saturated heterocycles. The van der Waals surface area contributed by atoms with Crippen LogP contribution < -0.4 is 10.6 Å². The van der Waals surface area contributed by atoms with Crippen molar-refractivity contribution in [1.82, 2.24) is 10.2 Å². The highest BCUT2D eigenvalue weighted by Gasteiger charge is 2.39.